The van der Waals surface area contributed by atoms with E-state index >= 15 is 0 Å². The maximum absolute atomic E-state index is 11.8. The molecule has 0 fully saturated rings. The molecule has 110 valence electrons. The Morgan fingerprint density at radius 1 is 1.35 bits per heavy atom. The summed E-state index contributed by atoms with van der Waals surface area (Å²) in [7, 11) is 2.62. The largest absolute Gasteiger partial charge is 0.465 e. The second-order valence-electron chi connectivity index (χ2n) is 4.21. The molecule has 0 radical (unpaired) electrons. The number of hydroxylamine groups is 2. The molecule has 0 aliphatic heterocycles. The summed E-state index contributed by atoms with van der Waals surface area (Å²) in [5, 5.41) is 21.8. The van der Waals surface area contributed by atoms with E-state index in [9.17, 15) is 14.7 Å². The predicted octanol–water partition coefficient (Wildman–Crippen LogP) is 0.246. The lowest BCUT2D eigenvalue weighted by atomic mass is 10.0. The fraction of sp³-hybridized carbons (Fsp3) is 0.385. The number of carboxylic acid groups (broad SMARTS) is 1. The fourth-order valence-corrected chi connectivity index (χ4v) is 1.72. The molecule has 7 nitrogen and oxygen atoms in total. The third-order valence-electron chi connectivity index (χ3n) is 2.83. The van der Waals surface area contributed by atoms with Gasteiger partial charge in [0.15, 0.2) is 6.10 Å². The van der Waals surface area contributed by atoms with Gasteiger partial charge < -0.3 is 15.5 Å². The van der Waals surface area contributed by atoms with Crippen molar-refractivity contribution >= 4 is 12.0 Å². The van der Waals surface area contributed by atoms with Crippen molar-refractivity contribution in [2.45, 2.75) is 18.6 Å². The molecule has 20 heavy (non-hydrogen) atoms. The van der Waals surface area contributed by atoms with E-state index < -0.39 is 24.1 Å². The van der Waals surface area contributed by atoms with Gasteiger partial charge in [0, 0.05) is 7.05 Å². The van der Waals surface area contributed by atoms with Gasteiger partial charge >= 0.3 is 6.09 Å². The molecule has 1 aromatic carbocycles. The van der Waals surface area contributed by atoms with Crippen LogP contribution in [0.25, 0.3) is 0 Å². The Hall–Kier alpha value is -2.12. The first-order valence-corrected chi connectivity index (χ1v) is 5.98. The highest BCUT2D eigenvalue weighted by Crippen LogP contribution is 2.08. The van der Waals surface area contributed by atoms with Crippen LogP contribution in [0.15, 0.2) is 30.3 Å². The summed E-state index contributed by atoms with van der Waals surface area (Å²) in [6.45, 7) is 0. The van der Waals surface area contributed by atoms with E-state index in [2.05, 4.69) is 10.2 Å². The average Bonchev–Trinajstić information content (AvgIpc) is 2.44. The number of rotatable bonds is 6. The van der Waals surface area contributed by atoms with E-state index in [1.807, 2.05) is 6.07 Å². The molecule has 2 amide bonds. The van der Waals surface area contributed by atoms with Crippen LogP contribution in [0.4, 0.5) is 4.79 Å². The second kappa shape index (κ2) is 7.46. The number of hydrogen-bond acceptors (Lipinski definition) is 4. The van der Waals surface area contributed by atoms with Gasteiger partial charge in [-0.3, -0.25) is 9.63 Å². The number of benzene rings is 1. The quantitative estimate of drug-likeness (QED) is 0.649. The molecule has 0 bridgehead atoms. The Bertz CT molecular complexity index is 451. The molecule has 1 unspecified atom stereocenters. The smallest absolute Gasteiger partial charge is 0.404 e. The van der Waals surface area contributed by atoms with E-state index in [4.69, 9.17) is 5.11 Å². The van der Waals surface area contributed by atoms with Crippen molar-refractivity contribution in [2.24, 2.45) is 0 Å². The first-order valence-electron chi connectivity index (χ1n) is 5.98. The van der Waals surface area contributed by atoms with Gasteiger partial charge in [-0.25, -0.2) is 9.86 Å². The van der Waals surface area contributed by atoms with Crippen molar-refractivity contribution in [2.75, 3.05) is 14.2 Å². The number of aliphatic hydroxyl groups excluding tert-OH is 1. The van der Waals surface area contributed by atoms with E-state index in [0.29, 0.717) is 0 Å². The molecule has 2 atom stereocenters. The molecule has 7 heteroatoms. The van der Waals surface area contributed by atoms with Crippen molar-refractivity contribution in [1.29, 1.82) is 0 Å². The summed E-state index contributed by atoms with van der Waals surface area (Å²) in [5.41, 5.74) is 0.804. The Kier molecular flexibility index (Phi) is 5.95. The first kappa shape index (κ1) is 15.9. The minimum absolute atomic E-state index is 0.192. The Morgan fingerprint density at radius 2 is 1.95 bits per heavy atom. The molecule has 0 aromatic heterocycles. The Balaban J connectivity index is 2.83. The summed E-state index contributed by atoms with van der Waals surface area (Å²) in [5.74, 6) is -0.720. The molecule has 0 heterocycles. The number of nitrogens with one attached hydrogen (secondary N) is 1. The van der Waals surface area contributed by atoms with Crippen LogP contribution in [-0.4, -0.2) is 53.6 Å². The highest BCUT2D eigenvalue weighted by Gasteiger charge is 2.30. The third-order valence-corrected chi connectivity index (χ3v) is 2.83. The fourth-order valence-electron chi connectivity index (χ4n) is 1.72. The molecule has 0 aliphatic carbocycles. The summed E-state index contributed by atoms with van der Waals surface area (Å²) in [4.78, 5) is 27.3. The van der Waals surface area contributed by atoms with Crippen LogP contribution in [0.3, 0.4) is 0 Å². The first-order chi connectivity index (χ1) is 9.45. The predicted molar refractivity (Wildman–Crippen MR) is 70.9 cm³/mol. The number of carbonyl (C=O) groups is 2. The maximum Gasteiger partial charge on any atom is 0.404 e. The van der Waals surface area contributed by atoms with Gasteiger partial charge in [-0.1, -0.05) is 30.3 Å². The lowest BCUT2D eigenvalue weighted by molar-refractivity contribution is -0.179. The van der Waals surface area contributed by atoms with Crippen molar-refractivity contribution in [3.63, 3.8) is 0 Å². The highest BCUT2D eigenvalue weighted by atomic mass is 16.7. The van der Waals surface area contributed by atoms with Crippen LogP contribution in [0, 0.1) is 0 Å². The van der Waals surface area contributed by atoms with Crippen molar-refractivity contribution in [3.8, 4) is 0 Å². The number of likely N-dealkylation sites (N-methyl/N-ethyl adjacent to an activating group) is 1. The van der Waals surface area contributed by atoms with Gasteiger partial charge in [0.25, 0.3) is 5.91 Å². The van der Waals surface area contributed by atoms with Crippen molar-refractivity contribution in [1.82, 2.24) is 10.4 Å². The zero-order chi connectivity index (χ0) is 15.1. The summed E-state index contributed by atoms with van der Waals surface area (Å²) >= 11 is 0. The second-order valence-corrected chi connectivity index (χ2v) is 4.21. The molecule has 1 aromatic rings. The van der Waals surface area contributed by atoms with Crippen LogP contribution >= 0.6 is 0 Å². The SMILES string of the molecule is CON(C)C(=O)C(O)[C@@H](Cc1ccccc1)NC(=O)O. The van der Waals surface area contributed by atoms with E-state index in [-0.39, 0.29) is 6.42 Å². The molecular formula is C13H18N2O5. The van der Waals surface area contributed by atoms with Crippen LogP contribution < -0.4 is 5.32 Å². The van der Waals surface area contributed by atoms with E-state index in [0.717, 1.165) is 10.6 Å². The third kappa shape index (κ3) is 4.52. The number of carbonyl (C=O) groups excluding carboxylic acids is 1. The number of nitrogens with zero attached hydrogens (tertiary/aromatic N) is 1. The molecular weight excluding hydrogens is 264 g/mol. The van der Waals surface area contributed by atoms with Crippen LogP contribution in [0.5, 0.6) is 0 Å². The highest BCUT2D eigenvalue weighted by molar-refractivity contribution is 5.81. The van der Waals surface area contributed by atoms with Crippen molar-refractivity contribution < 1.29 is 24.6 Å². The summed E-state index contributed by atoms with van der Waals surface area (Å²) in [6, 6.07) is 8.02. The minimum atomic E-state index is -1.53. The minimum Gasteiger partial charge on any atom is -0.465 e. The summed E-state index contributed by atoms with van der Waals surface area (Å²) < 4.78 is 0. The molecule has 0 spiro atoms. The van der Waals surface area contributed by atoms with Gasteiger partial charge in [0.2, 0.25) is 0 Å². The number of hydrogen-bond donors (Lipinski definition) is 3. The number of amides is 2. The average molecular weight is 282 g/mol. The van der Waals surface area contributed by atoms with Crippen molar-refractivity contribution in [3.05, 3.63) is 35.9 Å². The lowest BCUT2D eigenvalue weighted by Crippen LogP contribution is -2.51. The van der Waals surface area contributed by atoms with Gasteiger partial charge in [-0.2, -0.15) is 0 Å². The lowest BCUT2D eigenvalue weighted by Gasteiger charge is -2.25. The van der Waals surface area contributed by atoms with Gasteiger partial charge in [0.05, 0.1) is 13.2 Å². The van der Waals surface area contributed by atoms with Crippen LogP contribution in [-0.2, 0) is 16.1 Å². The Morgan fingerprint density at radius 3 is 2.45 bits per heavy atom. The van der Waals surface area contributed by atoms with E-state index in [1.165, 1.54) is 14.2 Å². The molecule has 0 saturated heterocycles. The van der Waals surface area contributed by atoms with Gasteiger partial charge in [-0.15, -0.1) is 0 Å². The van der Waals surface area contributed by atoms with Gasteiger partial charge in [-0.05, 0) is 12.0 Å². The maximum atomic E-state index is 11.8. The molecule has 1 rings (SSSR count). The topological polar surface area (TPSA) is 99.1 Å². The zero-order valence-corrected chi connectivity index (χ0v) is 11.3. The standard InChI is InChI=1S/C13H18N2O5/c1-15(20-2)12(17)11(16)10(14-13(18)19)8-9-6-4-3-5-7-9/h3-7,10-11,14,16H,8H2,1-2H3,(H,18,19)/t10-,11?/m1/s1. The molecule has 3 N–H and O–H groups in total. The molecule has 0 aliphatic rings. The molecule has 0 saturated carbocycles. The van der Waals surface area contributed by atoms with Crippen LogP contribution in [0.2, 0.25) is 0 Å². The van der Waals surface area contributed by atoms with E-state index in [1.54, 1.807) is 24.3 Å². The summed E-state index contributed by atoms with van der Waals surface area (Å²) in [6.07, 6.45) is -2.65. The monoisotopic (exact) mass is 282 g/mol. The zero-order valence-electron chi connectivity index (χ0n) is 11.3. The normalized spacial score (nSPS) is 13.3. The number of aliphatic hydroxyl groups is 1. The van der Waals surface area contributed by atoms with Crippen LogP contribution in [0.1, 0.15) is 5.56 Å². The van der Waals surface area contributed by atoms with Gasteiger partial charge in [0.1, 0.15) is 0 Å². The Labute approximate surface area is 116 Å².